The van der Waals surface area contributed by atoms with E-state index >= 15 is 0 Å². The van der Waals surface area contributed by atoms with Crippen LogP contribution in [0.4, 0.5) is 20.4 Å². The summed E-state index contributed by atoms with van der Waals surface area (Å²) in [4.78, 5) is 26.5. The first-order chi connectivity index (χ1) is 19.9. The highest BCUT2D eigenvalue weighted by Gasteiger charge is 2.48. The molecule has 3 heterocycles. The number of alkyl halides is 2. The summed E-state index contributed by atoms with van der Waals surface area (Å²) in [5.74, 6) is -3.50. The molecule has 1 amide bonds. The van der Waals surface area contributed by atoms with E-state index in [0.29, 0.717) is 46.3 Å². The molecule has 2 aromatic carbocycles. The van der Waals surface area contributed by atoms with Gasteiger partial charge in [0.15, 0.2) is 0 Å². The molecule has 212 valence electrons. The molecule has 2 aromatic heterocycles. The Morgan fingerprint density at radius 1 is 1.02 bits per heavy atom. The van der Waals surface area contributed by atoms with Crippen LogP contribution in [0.1, 0.15) is 37.7 Å². The Labute approximate surface area is 237 Å². The smallest absolute Gasteiger partial charge is 0.259 e. The third-order valence-corrected chi connectivity index (χ3v) is 7.83. The largest absolute Gasteiger partial charge is 0.437 e. The minimum Gasteiger partial charge on any atom is -0.437 e. The van der Waals surface area contributed by atoms with Gasteiger partial charge in [0.1, 0.15) is 11.7 Å². The summed E-state index contributed by atoms with van der Waals surface area (Å²) in [5, 5.41) is 11.0. The third-order valence-electron chi connectivity index (χ3n) is 7.83. The Hall–Kier alpha value is -4.18. The van der Waals surface area contributed by atoms with E-state index in [4.69, 9.17) is 9.72 Å². The maximum Gasteiger partial charge on any atom is 0.259 e. The number of benzene rings is 2. The summed E-state index contributed by atoms with van der Waals surface area (Å²) in [6.45, 7) is 3.81. The first-order valence-corrected chi connectivity index (χ1v) is 14.0. The zero-order chi connectivity index (χ0) is 28.4. The molecule has 2 atom stereocenters. The first-order valence-electron chi connectivity index (χ1n) is 14.0. The van der Waals surface area contributed by atoms with E-state index in [-0.39, 0.29) is 18.9 Å². The number of hydrogen-bond acceptors (Lipinski definition) is 7. The van der Waals surface area contributed by atoms with Crippen LogP contribution in [0.15, 0.2) is 60.9 Å². The number of piperidine rings is 1. The lowest BCUT2D eigenvalue weighted by Crippen LogP contribution is -2.38. The average Bonchev–Trinajstić information content (AvgIpc) is 3.34. The number of aryl methyl sites for hydroxylation is 1. The minimum absolute atomic E-state index is 0.178. The van der Waals surface area contributed by atoms with Gasteiger partial charge in [-0.1, -0.05) is 24.3 Å². The number of ether oxygens (including phenoxy) is 1. The second kappa shape index (κ2) is 11.4. The van der Waals surface area contributed by atoms with E-state index in [9.17, 15) is 13.6 Å². The molecule has 2 unspecified atom stereocenters. The highest BCUT2D eigenvalue weighted by atomic mass is 19.3. The number of rotatable bonds is 7. The summed E-state index contributed by atoms with van der Waals surface area (Å²) < 4.78 is 35.0. The quantitative estimate of drug-likeness (QED) is 0.244. The molecule has 4 aromatic rings. The Bertz CT molecular complexity index is 1570. The Kier molecular flexibility index (Phi) is 7.49. The van der Waals surface area contributed by atoms with Crippen LogP contribution in [-0.4, -0.2) is 45.9 Å². The Balaban J connectivity index is 1.30. The lowest BCUT2D eigenvalue weighted by molar-refractivity contribution is -0.130. The molecule has 41 heavy (non-hydrogen) atoms. The molecule has 0 bridgehead atoms. The van der Waals surface area contributed by atoms with Crippen molar-refractivity contribution in [2.45, 2.75) is 51.0 Å². The molecule has 1 saturated heterocycles. The summed E-state index contributed by atoms with van der Waals surface area (Å²) >= 11 is 0. The number of halogens is 2. The number of nitrogens with one attached hydrogen (secondary N) is 3. The van der Waals surface area contributed by atoms with Gasteiger partial charge in [-0.25, -0.2) is 23.7 Å². The van der Waals surface area contributed by atoms with Crippen molar-refractivity contribution in [1.29, 1.82) is 0 Å². The summed E-state index contributed by atoms with van der Waals surface area (Å²) in [5.41, 5.74) is 2.68. The number of carbonyl (C=O) groups excluding carboxylic acids is 1. The highest BCUT2D eigenvalue weighted by molar-refractivity contribution is 6.05. The zero-order valence-corrected chi connectivity index (χ0v) is 22.8. The third kappa shape index (κ3) is 5.69. The van der Waals surface area contributed by atoms with E-state index in [1.54, 1.807) is 24.5 Å². The first kappa shape index (κ1) is 27.0. The van der Waals surface area contributed by atoms with Gasteiger partial charge in [0.25, 0.3) is 5.92 Å². The summed E-state index contributed by atoms with van der Waals surface area (Å²) in [7, 11) is 0. The molecule has 1 saturated carbocycles. The monoisotopic (exact) mass is 558 g/mol. The van der Waals surface area contributed by atoms with Crippen molar-refractivity contribution < 1.29 is 18.3 Å². The molecule has 2 fully saturated rings. The molecular weight excluding hydrogens is 526 g/mol. The number of amides is 1. The van der Waals surface area contributed by atoms with Crippen molar-refractivity contribution in [3.05, 3.63) is 66.5 Å². The Morgan fingerprint density at radius 2 is 1.93 bits per heavy atom. The van der Waals surface area contributed by atoms with Gasteiger partial charge in [0, 0.05) is 47.9 Å². The van der Waals surface area contributed by atoms with Crippen LogP contribution < -0.4 is 20.7 Å². The average molecular weight is 559 g/mol. The lowest BCUT2D eigenvalue weighted by atomic mass is 10.0. The van der Waals surface area contributed by atoms with Gasteiger partial charge in [0.05, 0.1) is 11.3 Å². The predicted octanol–water partition coefficient (Wildman–Crippen LogP) is 6.33. The van der Waals surface area contributed by atoms with Crippen LogP contribution in [0, 0.1) is 12.8 Å². The van der Waals surface area contributed by atoms with E-state index in [1.807, 2.05) is 43.3 Å². The molecule has 3 N–H and O–H groups in total. The van der Waals surface area contributed by atoms with E-state index in [1.165, 1.54) is 0 Å². The number of pyridine rings is 1. The van der Waals surface area contributed by atoms with Gasteiger partial charge >= 0.3 is 0 Å². The number of carbonyl (C=O) groups is 1. The van der Waals surface area contributed by atoms with Gasteiger partial charge < -0.3 is 20.7 Å². The molecule has 8 nitrogen and oxygen atoms in total. The standard InChI is InChI=1S/C31H32F2N6O2/c1-19-11-12-21-22(7-2-10-25(21)38-28(40)24-9-3-14-31(24,32)33)27(19)41-29-23(8-5-16-35-29)26-13-17-36-30(39-26)37-20-6-4-15-34-18-20/h2,5,7-8,10-13,16-17,20,24,34H,3-4,6,9,14-15,18H2,1H3,(H,38,40)(H,36,37,39). The summed E-state index contributed by atoms with van der Waals surface area (Å²) in [6, 6.07) is 14.9. The zero-order valence-electron chi connectivity index (χ0n) is 22.8. The second-order valence-corrected chi connectivity index (χ2v) is 10.7. The number of aromatic nitrogens is 3. The van der Waals surface area contributed by atoms with Crippen LogP contribution in [0.3, 0.4) is 0 Å². The van der Waals surface area contributed by atoms with Gasteiger partial charge in [-0.2, -0.15) is 0 Å². The van der Waals surface area contributed by atoms with Crippen LogP contribution in [0.5, 0.6) is 11.6 Å². The van der Waals surface area contributed by atoms with Crippen LogP contribution in [-0.2, 0) is 4.79 Å². The fraction of sp³-hybridized carbons (Fsp3) is 0.355. The molecular formula is C31H32F2N6O2. The molecule has 6 rings (SSSR count). The summed E-state index contributed by atoms with van der Waals surface area (Å²) in [6.07, 6.45) is 5.77. The van der Waals surface area contributed by atoms with Gasteiger partial charge in [-0.3, -0.25) is 4.79 Å². The lowest BCUT2D eigenvalue weighted by Gasteiger charge is -2.23. The maximum atomic E-state index is 14.3. The normalized spacial score (nSPS) is 20.1. The second-order valence-electron chi connectivity index (χ2n) is 10.7. The van der Waals surface area contributed by atoms with E-state index in [2.05, 4.69) is 25.9 Å². The van der Waals surface area contributed by atoms with E-state index in [0.717, 1.165) is 36.9 Å². The van der Waals surface area contributed by atoms with Crippen LogP contribution in [0.2, 0.25) is 0 Å². The highest BCUT2D eigenvalue weighted by Crippen LogP contribution is 2.42. The Morgan fingerprint density at radius 3 is 2.73 bits per heavy atom. The number of fused-ring (bicyclic) bond motifs is 1. The molecule has 0 radical (unpaired) electrons. The number of nitrogens with zero attached hydrogens (tertiary/aromatic N) is 3. The van der Waals surface area contributed by atoms with Crippen molar-refractivity contribution in [3.8, 4) is 22.9 Å². The molecule has 1 aliphatic heterocycles. The minimum atomic E-state index is -2.99. The van der Waals surface area contributed by atoms with Gasteiger partial charge in [-0.15, -0.1) is 0 Å². The predicted molar refractivity (Wildman–Crippen MR) is 154 cm³/mol. The van der Waals surface area contributed by atoms with Crippen molar-refractivity contribution in [3.63, 3.8) is 0 Å². The van der Waals surface area contributed by atoms with Gasteiger partial charge in [0.2, 0.25) is 17.7 Å². The topological polar surface area (TPSA) is 101 Å². The van der Waals surface area contributed by atoms with Gasteiger partial charge in [-0.05, 0) is 69.0 Å². The fourth-order valence-electron chi connectivity index (χ4n) is 5.65. The van der Waals surface area contributed by atoms with Crippen molar-refractivity contribution in [1.82, 2.24) is 20.3 Å². The molecule has 10 heteroatoms. The maximum absolute atomic E-state index is 14.3. The number of hydrogen-bond donors (Lipinski definition) is 3. The van der Waals surface area contributed by atoms with Crippen LogP contribution >= 0.6 is 0 Å². The van der Waals surface area contributed by atoms with E-state index < -0.39 is 17.7 Å². The number of anilines is 2. The molecule has 2 aliphatic rings. The molecule has 1 aliphatic carbocycles. The molecule has 0 spiro atoms. The van der Waals surface area contributed by atoms with Crippen LogP contribution in [0.25, 0.3) is 22.0 Å². The van der Waals surface area contributed by atoms with Crippen molar-refractivity contribution in [2.75, 3.05) is 23.7 Å². The SMILES string of the molecule is Cc1ccc2c(NC(=O)C3CCCC3(F)F)cccc2c1Oc1ncccc1-c1ccnc(NC2CCCNC2)n1. The van der Waals surface area contributed by atoms with Crippen molar-refractivity contribution in [2.24, 2.45) is 5.92 Å². The van der Waals surface area contributed by atoms with Crippen molar-refractivity contribution >= 4 is 28.3 Å². The fourth-order valence-corrected chi connectivity index (χ4v) is 5.65.